The Morgan fingerprint density at radius 3 is 2.45 bits per heavy atom. The van der Waals surface area contributed by atoms with Gasteiger partial charge in [0.05, 0.1) is 20.5 Å². The Balaban J connectivity index is 1.64. The predicted molar refractivity (Wildman–Crippen MR) is 121 cm³/mol. The highest BCUT2D eigenvalue weighted by Crippen LogP contribution is 2.41. The van der Waals surface area contributed by atoms with E-state index in [0.717, 1.165) is 0 Å². The van der Waals surface area contributed by atoms with Crippen molar-refractivity contribution in [1.82, 2.24) is 14.8 Å². The molecule has 4 rings (SSSR count). The van der Waals surface area contributed by atoms with Crippen LogP contribution in [0.2, 0.25) is 10.0 Å². The molecule has 168 valence electrons. The normalized spacial score (nSPS) is 12.7. The summed E-state index contributed by atoms with van der Waals surface area (Å²) < 4.78 is 59.5. The van der Waals surface area contributed by atoms with Crippen molar-refractivity contribution in [1.29, 1.82) is 0 Å². The first-order chi connectivity index (χ1) is 15.6. The lowest BCUT2D eigenvalue weighted by Crippen LogP contribution is -2.36. The molecule has 33 heavy (non-hydrogen) atoms. The molecule has 4 nitrogen and oxygen atoms in total. The molecule has 0 spiro atoms. The molecule has 0 bridgehead atoms. The Hall–Kier alpha value is -2.56. The van der Waals surface area contributed by atoms with Gasteiger partial charge in [0.15, 0.2) is 17.7 Å². The van der Waals surface area contributed by atoms with Gasteiger partial charge in [-0.3, -0.25) is 0 Å². The van der Waals surface area contributed by atoms with Gasteiger partial charge in [-0.25, -0.2) is 18.4 Å². The largest absolute Gasteiger partial charge is 0.431 e. The van der Waals surface area contributed by atoms with Gasteiger partial charge >= 0.3 is 6.11 Å². The first-order valence-electron chi connectivity index (χ1n) is 9.29. The number of alkyl halides is 3. The molecule has 0 aliphatic carbocycles. The molecule has 0 fully saturated rings. The van der Waals surface area contributed by atoms with Gasteiger partial charge in [0.1, 0.15) is 19.4 Å². The van der Waals surface area contributed by atoms with Gasteiger partial charge in [0.2, 0.25) is 0 Å². The maximum atomic E-state index is 14.3. The van der Waals surface area contributed by atoms with Crippen LogP contribution in [0.1, 0.15) is 0 Å². The van der Waals surface area contributed by atoms with Crippen molar-refractivity contribution in [2.24, 2.45) is 7.05 Å². The second kappa shape index (κ2) is 9.00. The summed E-state index contributed by atoms with van der Waals surface area (Å²) in [5.41, 5.74) is 0.724. The maximum Gasteiger partial charge on any atom is 0.420 e. The van der Waals surface area contributed by atoms with Crippen molar-refractivity contribution in [3.63, 3.8) is 0 Å². The van der Waals surface area contributed by atoms with Gasteiger partial charge < -0.3 is 4.74 Å². The highest BCUT2D eigenvalue weighted by atomic mass is 35.5. The molecule has 0 saturated heterocycles. The zero-order valence-corrected chi connectivity index (χ0v) is 19.0. The zero-order valence-electron chi connectivity index (χ0n) is 16.7. The molecule has 2 aromatic heterocycles. The molecular formula is C21H12BCl2F4N3OS. The Labute approximate surface area is 201 Å². The van der Waals surface area contributed by atoms with Crippen molar-refractivity contribution in [3.8, 4) is 38.3 Å². The number of ether oxygens (including phenoxy) is 1. The summed E-state index contributed by atoms with van der Waals surface area (Å²) in [6, 6.07) is 11.5. The summed E-state index contributed by atoms with van der Waals surface area (Å²) >= 11 is 13.8. The summed E-state index contributed by atoms with van der Waals surface area (Å²) in [6.07, 6.45) is -7.10. The van der Waals surface area contributed by atoms with E-state index in [1.807, 2.05) is 0 Å². The van der Waals surface area contributed by atoms with E-state index < -0.39 is 18.0 Å². The second-order valence-corrected chi connectivity index (χ2v) is 8.72. The van der Waals surface area contributed by atoms with Gasteiger partial charge in [-0.1, -0.05) is 29.3 Å². The summed E-state index contributed by atoms with van der Waals surface area (Å²) in [7, 11) is 6.22. The van der Waals surface area contributed by atoms with Gasteiger partial charge in [-0.15, -0.1) is 11.3 Å². The summed E-state index contributed by atoms with van der Waals surface area (Å²) in [5.74, 6) is -0.309. The van der Waals surface area contributed by atoms with Crippen LogP contribution >= 0.6 is 34.5 Å². The maximum absolute atomic E-state index is 14.3. The minimum atomic E-state index is -4.15. The third-order valence-corrected chi connectivity index (χ3v) is 6.46. The highest BCUT2D eigenvalue weighted by molar-refractivity contribution is 7.19. The van der Waals surface area contributed by atoms with E-state index in [0.29, 0.717) is 26.2 Å². The number of hydrogen-bond acceptors (Lipinski definition) is 4. The molecular weight excluding hydrogens is 500 g/mol. The van der Waals surface area contributed by atoms with Crippen LogP contribution in [0.5, 0.6) is 5.75 Å². The van der Waals surface area contributed by atoms with Crippen LogP contribution in [0.3, 0.4) is 0 Å². The van der Waals surface area contributed by atoms with Crippen molar-refractivity contribution >= 4 is 42.4 Å². The molecule has 1 unspecified atom stereocenters. The number of nitrogens with zero attached hydrogens (tertiary/aromatic N) is 3. The van der Waals surface area contributed by atoms with E-state index in [2.05, 4.69) is 22.7 Å². The molecule has 2 radical (unpaired) electrons. The molecule has 2 aromatic carbocycles. The fraction of sp³-hybridized carbons (Fsp3) is 0.143. The fourth-order valence-corrected chi connectivity index (χ4v) is 4.66. The summed E-state index contributed by atoms with van der Waals surface area (Å²) in [6.45, 7) is 0. The molecule has 0 amide bonds. The minimum absolute atomic E-state index is 0.0781. The number of benzene rings is 2. The van der Waals surface area contributed by atoms with Gasteiger partial charge in [-0.05, 0) is 48.0 Å². The average molecular weight is 512 g/mol. The van der Waals surface area contributed by atoms with Crippen molar-refractivity contribution in [2.45, 2.75) is 12.2 Å². The van der Waals surface area contributed by atoms with Gasteiger partial charge in [0.25, 0.3) is 0 Å². The molecule has 12 heteroatoms. The van der Waals surface area contributed by atoms with Crippen LogP contribution in [0, 0.1) is 5.82 Å². The molecule has 2 heterocycles. The first kappa shape index (κ1) is 23.6. The number of rotatable bonds is 6. The van der Waals surface area contributed by atoms with Gasteiger partial charge in [0, 0.05) is 11.9 Å². The number of thiophene rings is 1. The van der Waals surface area contributed by atoms with Crippen LogP contribution in [-0.2, 0) is 7.05 Å². The lowest BCUT2D eigenvalue weighted by molar-refractivity contribution is -0.199. The van der Waals surface area contributed by atoms with Crippen LogP contribution in [0.25, 0.3) is 32.5 Å². The smallest absolute Gasteiger partial charge is 0.420 e. The van der Waals surface area contributed by atoms with Crippen molar-refractivity contribution < 1.29 is 22.3 Å². The number of aromatic nitrogens is 3. The number of hydrogen-bond donors (Lipinski definition) is 0. The number of aryl methyl sites for hydroxylation is 1. The summed E-state index contributed by atoms with van der Waals surface area (Å²) in [4.78, 5) is 5.68. The molecule has 0 N–H and O–H groups in total. The van der Waals surface area contributed by atoms with Gasteiger partial charge in [-0.2, -0.15) is 13.9 Å². The fourth-order valence-electron chi connectivity index (χ4n) is 2.96. The highest BCUT2D eigenvalue weighted by Gasteiger charge is 2.39. The van der Waals surface area contributed by atoms with E-state index in [-0.39, 0.29) is 22.2 Å². The standard InChI is InChI=1S/C21H12BCl2F4N3OS/c1-31-19(29-18(30-31)16-12(23)3-2-4-14(16)25)17-13(24)9-15(33-17)10-5-7-11(8-6-10)32-21(27,28)20(22)26/h2-9,20H,1H3. The molecule has 0 saturated carbocycles. The first-order valence-corrected chi connectivity index (χ1v) is 10.9. The van der Waals surface area contributed by atoms with Crippen molar-refractivity contribution in [3.05, 3.63) is 64.4 Å². The van der Waals surface area contributed by atoms with Crippen molar-refractivity contribution in [2.75, 3.05) is 0 Å². The third-order valence-electron chi connectivity index (χ3n) is 4.55. The van der Waals surface area contributed by atoms with Crippen LogP contribution in [0.15, 0.2) is 48.5 Å². The quantitative estimate of drug-likeness (QED) is 0.212. The van der Waals surface area contributed by atoms with E-state index in [4.69, 9.17) is 23.2 Å². The van der Waals surface area contributed by atoms with Crippen LogP contribution < -0.4 is 4.74 Å². The minimum Gasteiger partial charge on any atom is -0.431 e. The molecule has 0 aliphatic heterocycles. The Bertz CT molecular complexity index is 1290. The Kier molecular flexibility index (Phi) is 6.44. The molecule has 1 atom stereocenters. The summed E-state index contributed by atoms with van der Waals surface area (Å²) in [5, 5.41) is 4.80. The van der Waals surface area contributed by atoms with Crippen LogP contribution in [-0.4, -0.2) is 34.8 Å². The van der Waals surface area contributed by atoms with E-state index in [1.165, 1.54) is 58.5 Å². The number of halogens is 6. The average Bonchev–Trinajstić information content (AvgIpc) is 3.30. The lowest BCUT2D eigenvalue weighted by atomic mass is 10.0. The van der Waals surface area contributed by atoms with E-state index in [9.17, 15) is 17.6 Å². The SMILES string of the molecule is [B]C(F)C(F)(F)Oc1ccc(-c2cc(Cl)c(-c3nc(-c4c(F)cccc4Cl)nn3C)s2)cc1. The predicted octanol–water partition coefficient (Wildman–Crippen LogP) is 6.76. The zero-order chi connectivity index (χ0) is 23.9. The third kappa shape index (κ3) is 4.73. The monoisotopic (exact) mass is 511 g/mol. The molecule has 4 aromatic rings. The lowest BCUT2D eigenvalue weighted by Gasteiger charge is -2.19. The Morgan fingerprint density at radius 2 is 1.82 bits per heavy atom. The Morgan fingerprint density at radius 1 is 1.12 bits per heavy atom. The van der Waals surface area contributed by atoms with E-state index in [1.54, 1.807) is 13.1 Å². The second-order valence-electron chi connectivity index (χ2n) is 6.86. The molecule has 0 aliphatic rings. The van der Waals surface area contributed by atoms with Crippen LogP contribution in [0.4, 0.5) is 17.6 Å². The topological polar surface area (TPSA) is 39.9 Å². The van der Waals surface area contributed by atoms with E-state index >= 15 is 0 Å².